The summed E-state index contributed by atoms with van der Waals surface area (Å²) in [6, 6.07) is 8.68. The van der Waals surface area contributed by atoms with Gasteiger partial charge in [-0.2, -0.15) is 0 Å². The van der Waals surface area contributed by atoms with Crippen LogP contribution in [0.15, 0.2) is 49.6 Å². The van der Waals surface area contributed by atoms with Crippen LogP contribution in [0.2, 0.25) is 0 Å². The van der Waals surface area contributed by atoms with E-state index in [2.05, 4.69) is 76.6 Å². The van der Waals surface area contributed by atoms with Crippen molar-refractivity contribution in [1.82, 2.24) is 9.80 Å². The van der Waals surface area contributed by atoms with Gasteiger partial charge in [-0.25, -0.2) is 19.4 Å². The van der Waals surface area contributed by atoms with E-state index in [1.165, 1.54) is 23.6 Å². The first-order valence-corrected chi connectivity index (χ1v) is 21.1. The molecule has 16 heteroatoms. The van der Waals surface area contributed by atoms with Crippen molar-refractivity contribution in [3.63, 3.8) is 0 Å². The normalized spacial score (nSPS) is 33.2. The molecule has 14 nitrogen and oxygen atoms in total. The van der Waals surface area contributed by atoms with Crippen LogP contribution in [0.1, 0.15) is 92.7 Å². The van der Waals surface area contributed by atoms with Crippen molar-refractivity contribution in [2.75, 3.05) is 26.2 Å². The fraction of sp³-hybridized carbons (Fsp3) is 0.565. The topological polar surface area (TPSA) is 182 Å². The van der Waals surface area contributed by atoms with Crippen LogP contribution in [0, 0.1) is 13.8 Å². The van der Waals surface area contributed by atoms with Crippen molar-refractivity contribution in [2.45, 2.75) is 138 Å². The first kappa shape index (κ1) is 47.9. The number of carbonyl (C=O) groups excluding carboxylic acids is 4. The Kier molecular flexibility index (Phi) is 14.0. The van der Waals surface area contributed by atoms with E-state index in [4.69, 9.17) is 9.47 Å². The minimum Gasteiger partial charge on any atom is -0.793 e. The summed E-state index contributed by atoms with van der Waals surface area (Å²) in [6.07, 6.45) is 7.95. The van der Waals surface area contributed by atoms with E-state index in [9.17, 15) is 34.5 Å². The Balaban J connectivity index is 0.000000160. The molecule has 0 aromatic heterocycles. The Morgan fingerprint density at radius 3 is 1.74 bits per heavy atom. The number of carbonyl (C=O) groups is 4. The number of aliphatic hydroxyl groups is 3. The molecule has 0 amide bonds. The molecule has 327 valence electrons. The predicted molar refractivity (Wildman–Crippen MR) is 223 cm³/mol. The number of aliphatic hydroxyl groups excluding tert-OH is 1. The van der Waals surface area contributed by atoms with Gasteiger partial charge in [0.25, 0.3) is 0 Å². The molecule has 2 saturated carbocycles. The average Bonchev–Trinajstić information content (AvgIpc) is 3.77. The number of rotatable bonds is 4. The molecule has 2 aromatic carbocycles. The van der Waals surface area contributed by atoms with Crippen molar-refractivity contribution in [3.8, 4) is 11.5 Å². The average molecular weight is 864 g/mol. The van der Waals surface area contributed by atoms with Crippen molar-refractivity contribution in [3.05, 3.63) is 83.0 Å². The van der Waals surface area contributed by atoms with Crippen LogP contribution in [-0.4, -0.2) is 125 Å². The maximum atomic E-state index is 12.7. The van der Waals surface area contributed by atoms with Crippen LogP contribution < -0.4 is 39.0 Å². The van der Waals surface area contributed by atoms with Gasteiger partial charge in [0.05, 0.1) is 28.1 Å². The molecule has 4 aliphatic heterocycles. The molecule has 62 heavy (non-hydrogen) atoms. The first-order valence-electron chi connectivity index (χ1n) is 21.1. The zero-order valence-electron chi connectivity index (χ0n) is 36.7. The molecule has 4 aliphatic carbocycles. The van der Waals surface area contributed by atoms with Gasteiger partial charge in [0.15, 0.2) is 11.9 Å². The second-order valence-electron chi connectivity index (χ2n) is 17.7. The predicted octanol–water partition coefficient (Wildman–Crippen LogP) is 0.265. The Hall–Kier alpha value is -3.54. The van der Waals surface area contributed by atoms with Crippen LogP contribution in [-0.2, 0) is 57.3 Å². The Morgan fingerprint density at radius 1 is 0.790 bits per heavy atom. The number of nitrogens with zero attached hydrogens (tertiary/aromatic N) is 2. The molecular formula is C46H57BN2NaO12. The summed E-state index contributed by atoms with van der Waals surface area (Å²) in [4.78, 5) is 54.2. The molecule has 4 heterocycles. The van der Waals surface area contributed by atoms with Gasteiger partial charge < -0.3 is 37.5 Å². The zero-order chi connectivity index (χ0) is 44.2. The summed E-state index contributed by atoms with van der Waals surface area (Å²) in [5, 5.41) is 34.6. The first-order chi connectivity index (χ1) is 28.9. The Bertz CT molecular complexity index is 2120. The smallest absolute Gasteiger partial charge is 0.793 e. The maximum Gasteiger partial charge on any atom is 1.00 e. The SMILES string of the molecule is C=CCN1CC[C@]23c4c5ccc(C)c4O[C@H]2C(=O)CC[C@@]3(O)C1C5.C=CCN1CC[C@]23c4c5ccc(C)c4O[C@H]2[C@@H](O)CC[C@@]3(O)C1C5.CC(=O)OOC(C)=O.[B-]OC(C)=O.[Na+]. The van der Waals surface area contributed by atoms with Gasteiger partial charge in [-0.3, -0.25) is 19.4 Å². The summed E-state index contributed by atoms with van der Waals surface area (Å²) in [7, 11) is 4.32. The van der Waals surface area contributed by atoms with Crippen LogP contribution in [0.3, 0.4) is 0 Å². The number of Topliss-reactive ketones (excluding diaryl/α,β-unsaturated/α-hetero) is 1. The van der Waals surface area contributed by atoms with Crippen LogP contribution in [0.5, 0.6) is 11.5 Å². The number of ketones is 1. The van der Waals surface area contributed by atoms with Crippen molar-refractivity contribution in [1.29, 1.82) is 0 Å². The number of likely N-dealkylation sites (tertiary alicyclic amines) is 2. The van der Waals surface area contributed by atoms with Gasteiger partial charge in [0, 0.05) is 70.0 Å². The van der Waals surface area contributed by atoms with Crippen molar-refractivity contribution < 1.29 is 88.0 Å². The molecule has 2 saturated heterocycles. The number of aryl methyl sites for hydroxylation is 2. The summed E-state index contributed by atoms with van der Waals surface area (Å²) in [5.74, 6) is 0.193. The van der Waals surface area contributed by atoms with E-state index in [1.54, 1.807) is 0 Å². The number of hydrogen-bond donors (Lipinski definition) is 3. The van der Waals surface area contributed by atoms with Gasteiger partial charge >= 0.3 is 41.5 Å². The second kappa shape index (κ2) is 18.2. The molecule has 3 N–H and O–H groups in total. The fourth-order valence-corrected chi connectivity index (χ4v) is 12.2. The molecule has 2 aromatic rings. The standard InChI is InChI=1S/C20H25NO3.C20H23NO3.C4H6O4.C2H3BO2.Na/c2*1-3-9-21-10-8-19-16-13-5-4-12(2)17(16)24-18(19)14(22)6-7-20(19,23)15(21)11-13;1-3(5)7-8-4(2)6;1-2(4)5-3;/h3-5,14-15,18,22-23H,1,6-11H2,2H3;3-5,15,18,23H,1,6-11H2,2H3;1-2H3;1H3;/q;;;-1;+1/t14-,15?,18-,19-,20+;15?,18-,19-,20+;;;/m00.../s1. The van der Waals surface area contributed by atoms with Gasteiger partial charge in [-0.1, -0.05) is 36.4 Å². The van der Waals surface area contributed by atoms with Crippen LogP contribution in [0.25, 0.3) is 0 Å². The Morgan fingerprint density at radius 2 is 1.26 bits per heavy atom. The number of hydrogen-bond acceptors (Lipinski definition) is 14. The number of benzene rings is 2. The molecule has 2 spiro atoms. The van der Waals surface area contributed by atoms with E-state index in [1.807, 2.05) is 19.1 Å². The minimum atomic E-state index is -0.890. The van der Waals surface area contributed by atoms with Crippen LogP contribution >= 0.6 is 0 Å². The molecule has 2 unspecified atom stereocenters. The third-order valence-electron chi connectivity index (χ3n) is 14.5. The van der Waals surface area contributed by atoms with Gasteiger partial charge in [-0.15, -0.1) is 13.2 Å². The summed E-state index contributed by atoms with van der Waals surface area (Å²) >= 11 is 0. The molecule has 4 fully saturated rings. The van der Waals surface area contributed by atoms with Crippen molar-refractivity contribution in [2.24, 2.45) is 0 Å². The monoisotopic (exact) mass is 863 g/mol. The fourth-order valence-electron chi connectivity index (χ4n) is 12.2. The third kappa shape index (κ3) is 7.38. The summed E-state index contributed by atoms with van der Waals surface area (Å²) in [5.41, 5.74) is 4.32. The van der Waals surface area contributed by atoms with E-state index in [-0.39, 0.29) is 53.5 Å². The molecule has 9 atom stereocenters. The van der Waals surface area contributed by atoms with Crippen LogP contribution in [0.4, 0.5) is 0 Å². The number of ether oxygens (including phenoxy) is 2. The molecule has 8 aliphatic rings. The Labute approximate surface area is 386 Å². The van der Waals surface area contributed by atoms with E-state index >= 15 is 0 Å². The van der Waals surface area contributed by atoms with E-state index < -0.39 is 52.1 Å². The van der Waals surface area contributed by atoms with Gasteiger partial charge in [-0.05, 0) is 87.6 Å². The zero-order valence-corrected chi connectivity index (χ0v) is 38.7. The second-order valence-corrected chi connectivity index (χ2v) is 17.7. The molecule has 3 radical (unpaired) electrons. The summed E-state index contributed by atoms with van der Waals surface area (Å²) < 4.78 is 16.2. The molecule has 10 rings (SSSR count). The van der Waals surface area contributed by atoms with E-state index in [0.29, 0.717) is 25.7 Å². The quantitative estimate of drug-likeness (QED) is 0.165. The number of piperidine rings is 2. The van der Waals surface area contributed by atoms with E-state index in [0.717, 1.165) is 93.9 Å². The molecule has 4 bridgehead atoms. The third-order valence-corrected chi connectivity index (χ3v) is 14.5. The van der Waals surface area contributed by atoms with Gasteiger partial charge in [0.1, 0.15) is 17.6 Å². The minimum absolute atomic E-state index is 0. The van der Waals surface area contributed by atoms with Gasteiger partial charge in [0.2, 0.25) is 5.97 Å². The maximum absolute atomic E-state index is 12.7. The van der Waals surface area contributed by atoms with Crippen molar-refractivity contribution >= 4 is 31.7 Å². The largest absolute Gasteiger partial charge is 1.00 e. The molecular weight excluding hydrogens is 806 g/mol. The summed E-state index contributed by atoms with van der Waals surface area (Å²) in [6.45, 7) is 18.7.